The van der Waals surface area contributed by atoms with E-state index in [2.05, 4.69) is 51.4 Å². The minimum absolute atomic E-state index is 0.768. The first-order valence-corrected chi connectivity index (χ1v) is 6.74. The summed E-state index contributed by atoms with van der Waals surface area (Å²) in [5, 5.41) is 4.61. The number of likely N-dealkylation sites (N-methyl/N-ethyl adjacent to an activating group) is 1. The molecule has 0 saturated heterocycles. The second-order valence-corrected chi connectivity index (χ2v) is 4.63. The Balaban J connectivity index is 1.79. The van der Waals surface area contributed by atoms with Crippen LogP contribution in [0.1, 0.15) is 12.5 Å². The SMILES string of the molecule is CCN1CCN=C1NCc1cccc2cccnc12. The summed E-state index contributed by atoms with van der Waals surface area (Å²) in [6.45, 7) is 5.84. The van der Waals surface area contributed by atoms with E-state index in [0.717, 1.165) is 37.7 Å². The minimum Gasteiger partial charge on any atom is -0.352 e. The van der Waals surface area contributed by atoms with E-state index in [0.29, 0.717) is 0 Å². The zero-order valence-electron chi connectivity index (χ0n) is 11.1. The molecule has 2 heterocycles. The van der Waals surface area contributed by atoms with E-state index in [1.165, 1.54) is 10.9 Å². The zero-order chi connectivity index (χ0) is 13.1. The molecule has 0 radical (unpaired) electrons. The molecular formula is C15H18N4. The number of aliphatic imine (C=N–C) groups is 1. The molecule has 98 valence electrons. The van der Waals surface area contributed by atoms with Crippen molar-refractivity contribution in [3.05, 3.63) is 42.1 Å². The van der Waals surface area contributed by atoms with Gasteiger partial charge in [0.05, 0.1) is 12.1 Å². The number of hydrogen-bond donors (Lipinski definition) is 1. The molecule has 0 fully saturated rings. The van der Waals surface area contributed by atoms with Crippen molar-refractivity contribution in [3.63, 3.8) is 0 Å². The molecule has 0 unspecified atom stereocenters. The predicted molar refractivity (Wildman–Crippen MR) is 78.1 cm³/mol. The van der Waals surface area contributed by atoms with Gasteiger partial charge in [-0.3, -0.25) is 9.98 Å². The predicted octanol–water partition coefficient (Wildman–Crippen LogP) is 2.02. The summed E-state index contributed by atoms with van der Waals surface area (Å²) in [4.78, 5) is 11.2. The van der Waals surface area contributed by atoms with Crippen LogP contribution in [0.15, 0.2) is 41.5 Å². The molecule has 1 aromatic heterocycles. The van der Waals surface area contributed by atoms with Crippen LogP contribution in [0.5, 0.6) is 0 Å². The van der Waals surface area contributed by atoms with Crippen LogP contribution >= 0.6 is 0 Å². The van der Waals surface area contributed by atoms with Crippen molar-refractivity contribution in [2.45, 2.75) is 13.5 Å². The summed E-state index contributed by atoms with van der Waals surface area (Å²) >= 11 is 0. The monoisotopic (exact) mass is 254 g/mol. The fraction of sp³-hybridized carbons (Fsp3) is 0.333. The molecular weight excluding hydrogens is 236 g/mol. The number of pyridine rings is 1. The van der Waals surface area contributed by atoms with Crippen molar-refractivity contribution in [2.24, 2.45) is 4.99 Å². The summed E-state index contributed by atoms with van der Waals surface area (Å²) in [6.07, 6.45) is 1.84. The standard InChI is InChI=1S/C15H18N4/c1-2-19-10-9-17-15(19)18-11-13-6-3-5-12-7-4-8-16-14(12)13/h3-8H,2,9-11H2,1H3,(H,17,18). The van der Waals surface area contributed by atoms with Gasteiger partial charge in [-0.15, -0.1) is 0 Å². The molecule has 0 spiro atoms. The number of nitrogens with zero attached hydrogens (tertiary/aromatic N) is 3. The molecule has 1 N–H and O–H groups in total. The van der Waals surface area contributed by atoms with E-state index < -0.39 is 0 Å². The van der Waals surface area contributed by atoms with Gasteiger partial charge in [0.15, 0.2) is 5.96 Å². The molecule has 1 aliphatic rings. The Labute approximate surface area is 113 Å². The Hall–Kier alpha value is -2.10. The van der Waals surface area contributed by atoms with Crippen LogP contribution in [0.3, 0.4) is 0 Å². The van der Waals surface area contributed by atoms with Crippen molar-refractivity contribution in [1.82, 2.24) is 15.2 Å². The van der Waals surface area contributed by atoms with Crippen LogP contribution in [0, 0.1) is 0 Å². The Morgan fingerprint density at radius 1 is 1.26 bits per heavy atom. The maximum atomic E-state index is 4.49. The van der Waals surface area contributed by atoms with Crippen molar-refractivity contribution in [1.29, 1.82) is 0 Å². The second kappa shape index (κ2) is 5.26. The van der Waals surface area contributed by atoms with Crippen LogP contribution in [0.4, 0.5) is 0 Å². The van der Waals surface area contributed by atoms with E-state index in [9.17, 15) is 0 Å². The Morgan fingerprint density at radius 3 is 3.05 bits per heavy atom. The quantitative estimate of drug-likeness (QED) is 0.911. The van der Waals surface area contributed by atoms with E-state index in [4.69, 9.17) is 0 Å². The van der Waals surface area contributed by atoms with Gasteiger partial charge in [-0.25, -0.2) is 0 Å². The summed E-state index contributed by atoms with van der Waals surface area (Å²) < 4.78 is 0. The summed E-state index contributed by atoms with van der Waals surface area (Å²) in [5.41, 5.74) is 2.28. The van der Waals surface area contributed by atoms with Crippen LogP contribution in [0.2, 0.25) is 0 Å². The van der Waals surface area contributed by atoms with Crippen LogP contribution in [0.25, 0.3) is 10.9 Å². The van der Waals surface area contributed by atoms with Crippen molar-refractivity contribution < 1.29 is 0 Å². The van der Waals surface area contributed by atoms with E-state index >= 15 is 0 Å². The van der Waals surface area contributed by atoms with Gasteiger partial charge in [0, 0.05) is 31.2 Å². The molecule has 2 aromatic rings. The van der Waals surface area contributed by atoms with Gasteiger partial charge in [0.1, 0.15) is 0 Å². The van der Waals surface area contributed by atoms with Gasteiger partial charge in [-0.2, -0.15) is 0 Å². The molecule has 0 aliphatic carbocycles. The number of rotatable bonds is 3. The number of aromatic nitrogens is 1. The summed E-state index contributed by atoms with van der Waals surface area (Å²) in [7, 11) is 0. The van der Waals surface area contributed by atoms with Gasteiger partial charge in [0.2, 0.25) is 0 Å². The van der Waals surface area contributed by atoms with Gasteiger partial charge < -0.3 is 10.2 Å². The highest BCUT2D eigenvalue weighted by atomic mass is 15.3. The van der Waals surface area contributed by atoms with E-state index in [1.54, 1.807) is 0 Å². The van der Waals surface area contributed by atoms with Gasteiger partial charge >= 0.3 is 0 Å². The van der Waals surface area contributed by atoms with Crippen LogP contribution < -0.4 is 5.32 Å². The number of para-hydroxylation sites is 1. The average molecular weight is 254 g/mol. The van der Waals surface area contributed by atoms with E-state index in [1.807, 2.05) is 12.3 Å². The Morgan fingerprint density at radius 2 is 2.16 bits per heavy atom. The largest absolute Gasteiger partial charge is 0.352 e. The molecule has 0 bridgehead atoms. The lowest BCUT2D eigenvalue weighted by Crippen LogP contribution is -2.37. The average Bonchev–Trinajstić information content (AvgIpc) is 2.92. The molecule has 4 heteroatoms. The minimum atomic E-state index is 0.768. The highest BCUT2D eigenvalue weighted by Gasteiger charge is 2.14. The third-order valence-electron chi connectivity index (χ3n) is 3.47. The topological polar surface area (TPSA) is 40.5 Å². The Bertz CT molecular complexity index is 601. The number of benzene rings is 1. The van der Waals surface area contributed by atoms with Crippen LogP contribution in [-0.4, -0.2) is 35.5 Å². The van der Waals surface area contributed by atoms with Crippen molar-refractivity contribution >= 4 is 16.9 Å². The summed E-state index contributed by atoms with van der Waals surface area (Å²) in [6, 6.07) is 10.4. The molecule has 0 saturated carbocycles. The fourth-order valence-electron chi connectivity index (χ4n) is 2.44. The summed E-state index contributed by atoms with van der Waals surface area (Å²) in [5.74, 6) is 1.01. The molecule has 0 amide bonds. The van der Waals surface area contributed by atoms with Crippen molar-refractivity contribution in [2.75, 3.05) is 19.6 Å². The molecule has 3 rings (SSSR count). The number of guanidine groups is 1. The number of fused-ring (bicyclic) bond motifs is 1. The molecule has 1 aliphatic heterocycles. The maximum Gasteiger partial charge on any atom is 0.194 e. The highest BCUT2D eigenvalue weighted by molar-refractivity contribution is 5.84. The number of nitrogens with one attached hydrogen (secondary N) is 1. The lowest BCUT2D eigenvalue weighted by molar-refractivity contribution is 0.466. The number of hydrogen-bond acceptors (Lipinski definition) is 4. The first-order valence-electron chi connectivity index (χ1n) is 6.74. The first-order chi connectivity index (χ1) is 9.38. The van der Waals surface area contributed by atoms with Gasteiger partial charge in [-0.1, -0.05) is 24.3 Å². The lowest BCUT2D eigenvalue weighted by Gasteiger charge is -2.19. The Kier molecular flexibility index (Phi) is 3.31. The third-order valence-corrected chi connectivity index (χ3v) is 3.47. The van der Waals surface area contributed by atoms with Gasteiger partial charge in [0.25, 0.3) is 0 Å². The maximum absolute atomic E-state index is 4.49. The van der Waals surface area contributed by atoms with Crippen LogP contribution in [-0.2, 0) is 6.54 Å². The van der Waals surface area contributed by atoms with Gasteiger partial charge in [-0.05, 0) is 18.6 Å². The highest BCUT2D eigenvalue weighted by Crippen LogP contribution is 2.15. The fourth-order valence-corrected chi connectivity index (χ4v) is 2.44. The lowest BCUT2D eigenvalue weighted by atomic mass is 10.1. The normalized spacial score (nSPS) is 14.8. The van der Waals surface area contributed by atoms with E-state index in [-0.39, 0.29) is 0 Å². The van der Waals surface area contributed by atoms with Crippen molar-refractivity contribution in [3.8, 4) is 0 Å². The third kappa shape index (κ3) is 2.38. The zero-order valence-corrected chi connectivity index (χ0v) is 11.1. The second-order valence-electron chi connectivity index (χ2n) is 4.63. The molecule has 4 nitrogen and oxygen atoms in total. The molecule has 0 atom stereocenters. The molecule has 19 heavy (non-hydrogen) atoms. The smallest absolute Gasteiger partial charge is 0.194 e. The first kappa shape index (κ1) is 12.0. The molecule has 1 aromatic carbocycles.